The van der Waals surface area contributed by atoms with Crippen molar-refractivity contribution in [3.8, 4) is 34.4 Å². The molecule has 0 saturated carbocycles. The van der Waals surface area contributed by atoms with E-state index in [-0.39, 0.29) is 5.92 Å². The molecule has 4 rings (SSSR count). The lowest BCUT2D eigenvalue weighted by atomic mass is 10.2. The molecule has 0 bridgehead atoms. The van der Waals surface area contributed by atoms with Crippen LogP contribution < -0.4 is 24.3 Å². The van der Waals surface area contributed by atoms with Crippen LogP contribution in [0.5, 0.6) is 23.0 Å². The van der Waals surface area contributed by atoms with Crippen molar-refractivity contribution in [3.05, 3.63) is 47.9 Å². The van der Waals surface area contributed by atoms with Crippen LogP contribution in [-0.4, -0.2) is 48.0 Å². The standard InChI is InChI=1S/C25H29N5O4/c1-14(2)25-26-15(3)21-24(27-17-12-19(32-5)22(34-7)20(13-17)33-6)28-23(29-30(21)25)16-8-10-18(31-4)11-9-16/h8-14H,1-7H3,(H,27,28,29). The maximum Gasteiger partial charge on any atom is 0.203 e. The Bertz CT molecular complexity index is 1290. The largest absolute Gasteiger partial charge is 0.497 e. The summed E-state index contributed by atoms with van der Waals surface area (Å²) in [5.74, 6) is 4.57. The molecule has 1 N–H and O–H groups in total. The molecule has 2 heterocycles. The third-order valence-electron chi connectivity index (χ3n) is 5.48. The second-order valence-electron chi connectivity index (χ2n) is 8.02. The molecule has 0 spiro atoms. The molecule has 0 amide bonds. The van der Waals surface area contributed by atoms with Gasteiger partial charge in [0.05, 0.1) is 34.1 Å². The van der Waals surface area contributed by atoms with Gasteiger partial charge in [-0.1, -0.05) is 13.8 Å². The van der Waals surface area contributed by atoms with E-state index in [1.165, 1.54) is 0 Å². The van der Waals surface area contributed by atoms with E-state index >= 15 is 0 Å². The molecule has 0 saturated heterocycles. The average Bonchev–Trinajstić information content (AvgIpc) is 3.20. The average molecular weight is 464 g/mol. The molecule has 9 heteroatoms. The van der Waals surface area contributed by atoms with Gasteiger partial charge in [0.15, 0.2) is 23.1 Å². The van der Waals surface area contributed by atoms with Crippen LogP contribution in [0.25, 0.3) is 16.9 Å². The fourth-order valence-corrected chi connectivity index (χ4v) is 3.80. The van der Waals surface area contributed by atoms with Gasteiger partial charge in [0.1, 0.15) is 17.1 Å². The molecule has 2 aromatic carbocycles. The topological polar surface area (TPSA) is 92.0 Å². The highest BCUT2D eigenvalue weighted by molar-refractivity contribution is 5.79. The fourth-order valence-electron chi connectivity index (χ4n) is 3.80. The number of ether oxygens (including phenoxy) is 4. The highest BCUT2D eigenvalue weighted by atomic mass is 16.5. The molecule has 4 aromatic rings. The van der Waals surface area contributed by atoms with E-state index in [1.807, 2.05) is 47.8 Å². The van der Waals surface area contributed by atoms with Crippen molar-refractivity contribution < 1.29 is 18.9 Å². The third kappa shape index (κ3) is 4.16. The second-order valence-corrected chi connectivity index (χ2v) is 8.02. The Kier molecular flexibility index (Phi) is 6.45. The number of aromatic nitrogens is 4. The number of fused-ring (bicyclic) bond motifs is 1. The van der Waals surface area contributed by atoms with Gasteiger partial charge in [-0.25, -0.2) is 14.5 Å². The first-order valence-electron chi connectivity index (χ1n) is 10.9. The predicted octanol–water partition coefficient (Wildman–Crippen LogP) is 5.00. The molecule has 0 atom stereocenters. The molecule has 0 unspecified atom stereocenters. The summed E-state index contributed by atoms with van der Waals surface area (Å²) in [7, 11) is 6.38. The van der Waals surface area contributed by atoms with Crippen molar-refractivity contribution in [2.75, 3.05) is 33.8 Å². The summed E-state index contributed by atoms with van der Waals surface area (Å²) in [4.78, 5) is 9.65. The van der Waals surface area contributed by atoms with E-state index in [2.05, 4.69) is 19.2 Å². The number of methoxy groups -OCH3 is 4. The molecule has 178 valence electrons. The second kappa shape index (κ2) is 9.46. The van der Waals surface area contributed by atoms with Gasteiger partial charge in [-0.3, -0.25) is 0 Å². The Labute approximate surface area is 198 Å². The fraction of sp³-hybridized carbons (Fsp3) is 0.320. The van der Waals surface area contributed by atoms with Crippen LogP contribution in [-0.2, 0) is 0 Å². The van der Waals surface area contributed by atoms with Gasteiger partial charge in [0.2, 0.25) is 5.75 Å². The van der Waals surface area contributed by atoms with Crippen LogP contribution in [0.15, 0.2) is 36.4 Å². The van der Waals surface area contributed by atoms with E-state index in [9.17, 15) is 0 Å². The van der Waals surface area contributed by atoms with Gasteiger partial charge in [0, 0.05) is 29.3 Å². The normalized spacial score (nSPS) is 11.1. The summed E-state index contributed by atoms with van der Waals surface area (Å²) >= 11 is 0. The van der Waals surface area contributed by atoms with Crippen molar-refractivity contribution in [1.29, 1.82) is 0 Å². The Morgan fingerprint density at radius 1 is 0.853 bits per heavy atom. The maximum atomic E-state index is 5.51. The molecule has 2 aromatic heterocycles. The number of hydrogen-bond acceptors (Lipinski definition) is 8. The number of nitrogens with one attached hydrogen (secondary N) is 1. The van der Waals surface area contributed by atoms with Crippen LogP contribution in [0.1, 0.15) is 31.3 Å². The van der Waals surface area contributed by atoms with E-state index in [0.29, 0.717) is 28.9 Å². The van der Waals surface area contributed by atoms with Crippen molar-refractivity contribution in [3.63, 3.8) is 0 Å². The van der Waals surface area contributed by atoms with Crippen LogP contribution in [0.4, 0.5) is 11.5 Å². The van der Waals surface area contributed by atoms with Crippen LogP contribution in [0, 0.1) is 6.92 Å². The van der Waals surface area contributed by atoms with Gasteiger partial charge in [-0.05, 0) is 31.2 Å². The minimum Gasteiger partial charge on any atom is -0.497 e. The molecule has 0 aliphatic rings. The Hall–Kier alpha value is -4.01. The van der Waals surface area contributed by atoms with Crippen molar-refractivity contribution >= 4 is 17.0 Å². The van der Waals surface area contributed by atoms with Crippen LogP contribution in [0.2, 0.25) is 0 Å². The maximum absolute atomic E-state index is 5.51. The predicted molar refractivity (Wildman–Crippen MR) is 131 cm³/mol. The number of anilines is 2. The zero-order valence-corrected chi connectivity index (χ0v) is 20.5. The summed E-state index contributed by atoms with van der Waals surface area (Å²) in [5.41, 5.74) is 3.22. The lowest BCUT2D eigenvalue weighted by molar-refractivity contribution is 0.324. The van der Waals surface area contributed by atoms with Crippen molar-refractivity contribution in [2.45, 2.75) is 26.7 Å². The molecular weight excluding hydrogens is 434 g/mol. The van der Waals surface area contributed by atoms with E-state index in [0.717, 1.165) is 34.0 Å². The summed E-state index contributed by atoms with van der Waals surface area (Å²) in [5, 5.41) is 8.25. The van der Waals surface area contributed by atoms with Crippen LogP contribution >= 0.6 is 0 Å². The Morgan fingerprint density at radius 2 is 1.50 bits per heavy atom. The zero-order chi connectivity index (χ0) is 24.4. The minimum absolute atomic E-state index is 0.175. The van der Waals surface area contributed by atoms with Crippen LogP contribution in [0.3, 0.4) is 0 Å². The molecule has 0 fully saturated rings. The van der Waals surface area contributed by atoms with E-state index in [1.54, 1.807) is 28.4 Å². The summed E-state index contributed by atoms with van der Waals surface area (Å²) in [6.45, 7) is 6.14. The number of hydrogen-bond donors (Lipinski definition) is 1. The minimum atomic E-state index is 0.175. The third-order valence-corrected chi connectivity index (χ3v) is 5.48. The number of nitrogens with zero attached hydrogens (tertiary/aromatic N) is 4. The summed E-state index contributed by atoms with van der Waals surface area (Å²) < 4.78 is 23.6. The summed E-state index contributed by atoms with van der Waals surface area (Å²) in [6.07, 6.45) is 0. The monoisotopic (exact) mass is 463 g/mol. The summed E-state index contributed by atoms with van der Waals surface area (Å²) in [6, 6.07) is 11.3. The quantitative estimate of drug-likeness (QED) is 0.390. The van der Waals surface area contributed by atoms with Crippen molar-refractivity contribution in [2.24, 2.45) is 0 Å². The smallest absolute Gasteiger partial charge is 0.203 e. The van der Waals surface area contributed by atoms with Gasteiger partial charge < -0.3 is 24.3 Å². The first-order valence-corrected chi connectivity index (χ1v) is 10.9. The molecule has 0 radical (unpaired) electrons. The molecule has 0 aliphatic heterocycles. The lowest BCUT2D eigenvalue weighted by Crippen LogP contribution is -2.07. The van der Waals surface area contributed by atoms with Gasteiger partial charge in [-0.15, -0.1) is 5.10 Å². The van der Waals surface area contributed by atoms with Gasteiger partial charge in [-0.2, -0.15) is 0 Å². The number of aryl methyl sites for hydroxylation is 1. The van der Waals surface area contributed by atoms with E-state index in [4.69, 9.17) is 34.0 Å². The highest BCUT2D eigenvalue weighted by Gasteiger charge is 2.20. The first-order chi connectivity index (χ1) is 16.4. The molecular formula is C25H29N5O4. The zero-order valence-electron chi connectivity index (χ0n) is 20.5. The highest BCUT2D eigenvalue weighted by Crippen LogP contribution is 2.41. The van der Waals surface area contributed by atoms with Gasteiger partial charge in [0.25, 0.3) is 0 Å². The lowest BCUT2D eigenvalue weighted by Gasteiger charge is -2.16. The number of benzene rings is 2. The number of rotatable bonds is 8. The number of imidazole rings is 1. The Morgan fingerprint density at radius 3 is 2.03 bits per heavy atom. The molecule has 34 heavy (non-hydrogen) atoms. The SMILES string of the molecule is COc1ccc(-c2nc(Nc3cc(OC)c(OC)c(OC)c3)c3c(C)nc(C(C)C)n3n2)cc1. The molecule has 9 nitrogen and oxygen atoms in total. The Balaban J connectivity index is 1.90. The first kappa shape index (κ1) is 23.2. The van der Waals surface area contributed by atoms with Crippen molar-refractivity contribution in [1.82, 2.24) is 19.6 Å². The van der Waals surface area contributed by atoms with Gasteiger partial charge >= 0.3 is 0 Å². The van der Waals surface area contributed by atoms with E-state index < -0.39 is 0 Å². The molecule has 0 aliphatic carbocycles.